The molecule has 4 aromatic rings. The first-order valence-corrected chi connectivity index (χ1v) is 9.79. The van der Waals surface area contributed by atoms with Crippen molar-refractivity contribution in [2.45, 2.75) is 6.92 Å². The van der Waals surface area contributed by atoms with Gasteiger partial charge in [0.2, 0.25) is 0 Å². The van der Waals surface area contributed by atoms with Gasteiger partial charge < -0.3 is 14.8 Å². The smallest absolute Gasteiger partial charge is 0.255 e. The Kier molecular flexibility index (Phi) is 4.52. The van der Waals surface area contributed by atoms with Crippen molar-refractivity contribution >= 4 is 34.2 Å². The van der Waals surface area contributed by atoms with E-state index in [-0.39, 0.29) is 5.91 Å². The maximum atomic E-state index is 12.8. The zero-order chi connectivity index (χ0) is 20.7. The summed E-state index contributed by atoms with van der Waals surface area (Å²) in [6.45, 7) is 2.89. The summed E-state index contributed by atoms with van der Waals surface area (Å²) in [7, 11) is 0. The lowest BCUT2D eigenvalue weighted by atomic mass is 10.1. The molecule has 0 fully saturated rings. The summed E-state index contributed by atoms with van der Waals surface area (Å²) in [5.41, 5.74) is 4.26. The van der Waals surface area contributed by atoms with E-state index in [4.69, 9.17) is 21.1 Å². The van der Waals surface area contributed by atoms with Crippen molar-refractivity contribution in [2.75, 3.05) is 18.5 Å². The maximum Gasteiger partial charge on any atom is 0.255 e. The SMILES string of the molecule is Cc1cc2nn(-c3ccc(Cl)cc3)nc2cc1NC(=O)c1ccc2c(c1)OCCO2. The third-order valence-corrected chi connectivity index (χ3v) is 5.09. The zero-order valence-electron chi connectivity index (χ0n) is 16.1. The van der Waals surface area contributed by atoms with Crippen LogP contribution >= 0.6 is 11.6 Å². The fourth-order valence-corrected chi connectivity index (χ4v) is 3.40. The zero-order valence-corrected chi connectivity index (χ0v) is 16.8. The largest absolute Gasteiger partial charge is 0.486 e. The Bertz CT molecular complexity index is 1270. The molecule has 7 nitrogen and oxygen atoms in total. The van der Waals surface area contributed by atoms with Crippen molar-refractivity contribution in [3.8, 4) is 17.2 Å². The van der Waals surface area contributed by atoms with Crippen LogP contribution in [0.4, 0.5) is 5.69 Å². The molecule has 1 N–H and O–H groups in total. The first-order chi connectivity index (χ1) is 14.6. The van der Waals surface area contributed by atoms with Crippen molar-refractivity contribution in [2.24, 2.45) is 0 Å². The summed E-state index contributed by atoms with van der Waals surface area (Å²) in [6.07, 6.45) is 0. The van der Waals surface area contributed by atoms with Crippen LogP contribution in [0.1, 0.15) is 15.9 Å². The molecule has 5 rings (SSSR count). The molecule has 8 heteroatoms. The number of hydrogen-bond donors (Lipinski definition) is 1. The molecule has 0 saturated carbocycles. The van der Waals surface area contributed by atoms with Crippen LogP contribution in [-0.4, -0.2) is 34.1 Å². The van der Waals surface area contributed by atoms with Crippen LogP contribution in [0.2, 0.25) is 5.02 Å². The van der Waals surface area contributed by atoms with Gasteiger partial charge in [-0.1, -0.05) is 11.6 Å². The number of nitrogens with one attached hydrogen (secondary N) is 1. The number of aromatic nitrogens is 3. The fourth-order valence-electron chi connectivity index (χ4n) is 3.27. The average Bonchev–Trinajstić information content (AvgIpc) is 3.16. The second-order valence-corrected chi connectivity index (χ2v) is 7.37. The first-order valence-electron chi connectivity index (χ1n) is 9.41. The molecule has 1 aromatic heterocycles. The highest BCUT2D eigenvalue weighted by Gasteiger charge is 2.16. The van der Waals surface area contributed by atoms with Gasteiger partial charge in [0.05, 0.1) is 5.69 Å². The van der Waals surface area contributed by atoms with Gasteiger partial charge in [-0.25, -0.2) is 0 Å². The minimum Gasteiger partial charge on any atom is -0.486 e. The number of ether oxygens (including phenoxy) is 2. The summed E-state index contributed by atoms with van der Waals surface area (Å²) in [5.74, 6) is 0.987. The summed E-state index contributed by atoms with van der Waals surface area (Å²) >= 11 is 5.95. The Morgan fingerprint density at radius 3 is 2.43 bits per heavy atom. The minimum atomic E-state index is -0.237. The van der Waals surface area contributed by atoms with Gasteiger partial charge >= 0.3 is 0 Å². The lowest BCUT2D eigenvalue weighted by Gasteiger charge is -2.18. The highest BCUT2D eigenvalue weighted by atomic mass is 35.5. The predicted octanol–water partition coefficient (Wildman–Crippen LogP) is 4.41. The number of carbonyl (C=O) groups is 1. The third kappa shape index (κ3) is 3.44. The second-order valence-electron chi connectivity index (χ2n) is 6.93. The summed E-state index contributed by atoms with van der Waals surface area (Å²) in [5, 5.41) is 12.6. The summed E-state index contributed by atoms with van der Waals surface area (Å²) in [4.78, 5) is 14.3. The average molecular weight is 421 g/mol. The van der Waals surface area contributed by atoms with Crippen LogP contribution in [0.15, 0.2) is 54.6 Å². The van der Waals surface area contributed by atoms with Gasteiger partial charge in [0.25, 0.3) is 5.91 Å². The molecule has 1 amide bonds. The first kappa shape index (κ1) is 18.4. The van der Waals surface area contributed by atoms with Crippen LogP contribution in [0.3, 0.4) is 0 Å². The van der Waals surface area contributed by atoms with Gasteiger partial charge in [0.1, 0.15) is 24.2 Å². The molecule has 30 heavy (non-hydrogen) atoms. The van der Waals surface area contributed by atoms with Gasteiger partial charge in [-0.15, -0.1) is 10.2 Å². The minimum absolute atomic E-state index is 0.237. The van der Waals surface area contributed by atoms with E-state index in [9.17, 15) is 4.79 Å². The molecule has 3 aromatic carbocycles. The molecule has 0 spiro atoms. The third-order valence-electron chi connectivity index (χ3n) is 4.84. The summed E-state index contributed by atoms with van der Waals surface area (Å²) in [6, 6.07) is 16.1. The Morgan fingerprint density at radius 2 is 1.67 bits per heavy atom. The number of amides is 1. The molecule has 0 aliphatic carbocycles. The number of halogens is 1. The standard InChI is InChI=1S/C22H17ClN4O3/c1-13-10-18-19(26-27(25-18)16-5-3-15(23)4-6-16)12-17(13)24-22(28)14-2-7-20-21(11-14)30-9-8-29-20/h2-7,10-12H,8-9H2,1H3,(H,24,28). The number of benzene rings is 3. The monoisotopic (exact) mass is 420 g/mol. The van der Waals surface area contributed by atoms with E-state index in [0.717, 1.165) is 16.8 Å². The number of fused-ring (bicyclic) bond motifs is 2. The fraction of sp³-hybridized carbons (Fsp3) is 0.136. The molecule has 0 atom stereocenters. The molecule has 0 bridgehead atoms. The molecule has 150 valence electrons. The molecule has 0 radical (unpaired) electrons. The van der Waals surface area contributed by atoms with Crippen molar-refractivity contribution in [3.05, 3.63) is 70.7 Å². The van der Waals surface area contributed by atoms with Crippen LogP contribution in [0, 0.1) is 6.92 Å². The second kappa shape index (κ2) is 7.35. The lowest BCUT2D eigenvalue weighted by Crippen LogP contribution is -2.17. The van der Waals surface area contributed by atoms with Crippen molar-refractivity contribution < 1.29 is 14.3 Å². The van der Waals surface area contributed by atoms with Crippen molar-refractivity contribution in [1.29, 1.82) is 0 Å². The lowest BCUT2D eigenvalue weighted by molar-refractivity contribution is 0.102. The Morgan fingerprint density at radius 1 is 0.967 bits per heavy atom. The van der Waals surface area contributed by atoms with E-state index >= 15 is 0 Å². The van der Waals surface area contributed by atoms with E-state index in [1.165, 1.54) is 0 Å². The number of nitrogens with zero attached hydrogens (tertiary/aromatic N) is 3. The normalized spacial score (nSPS) is 12.7. The van der Waals surface area contributed by atoms with Gasteiger partial charge in [-0.2, -0.15) is 4.80 Å². The van der Waals surface area contributed by atoms with Crippen molar-refractivity contribution in [3.63, 3.8) is 0 Å². The highest BCUT2D eigenvalue weighted by Crippen LogP contribution is 2.31. The molecule has 2 heterocycles. The predicted molar refractivity (Wildman–Crippen MR) is 114 cm³/mol. The Hall–Kier alpha value is -3.58. The molecular weight excluding hydrogens is 404 g/mol. The van der Waals surface area contributed by atoms with Gasteiger partial charge in [-0.05, 0) is 67.1 Å². The quantitative estimate of drug-likeness (QED) is 0.531. The number of carbonyl (C=O) groups excluding carboxylic acids is 1. The van der Waals surface area contributed by atoms with E-state index < -0.39 is 0 Å². The van der Waals surface area contributed by atoms with Crippen LogP contribution < -0.4 is 14.8 Å². The molecule has 0 saturated heterocycles. The molecule has 1 aliphatic heterocycles. The number of rotatable bonds is 3. The topological polar surface area (TPSA) is 78.3 Å². The highest BCUT2D eigenvalue weighted by molar-refractivity contribution is 6.30. The maximum absolute atomic E-state index is 12.8. The van der Waals surface area contributed by atoms with E-state index in [1.54, 1.807) is 35.1 Å². The Balaban J connectivity index is 1.43. The molecule has 0 unspecified atom stereocenters. The van der Waals surface area contributed by atoms with Crippen LogP contribution in [0.5, 0.6) is 11.5 Å². The van der Waals surface area contributed by atoms with Crippen LogP contribution in [0.25, 0.3) is 16.7 Å². The molecular formula is C22H17ClN4O3. The van der Waals surface area contributed by atoms with Gasteiger partial charge in [0.15, 0.2) is 11.5 Å². The van der Waals surface area contributed by atoms with E-state index in [0.29, 0.717) is 46.5 Å². The number of anilines is 1. The van der Waals surface area contributed by atoms with E-state index in [2.05, 4.69) is 15.5 Å². The molecule has 1 aliphatic rings. The number of hydrogen-bond acceptors (Lipinski definition) is 5. The Labute approximate surface area is 177 Å². The van der Waals surface area contributed by atoms with Crippen LogP contribution in [-0.2, 0) is 0 Å². The van der Waals surface area contributed by atoms with Crippen molar-refractivity contribution in [1.82, 2.24) is 15.0 Å². The number of aryl methyl sites for hydroxylation is 1. The van der Waals surface area contributed by atoms with Gasteiger partial charge in [-0.3, -0.25) is 4.79 Å². The van der Waals surface area contributed by atoms with E-state index in [1.807, 2.05) is 31.2 Å². The summed E-state index contributed by atoms with van der Waals surface area (Å²) < 4.78 is 11.1. The van der Waals surface area contributed by atoms with Gasteiger partial charge in [0, 0.05) is 16.3 Å².